The number of nitrogens with zero attached hydrogens (tertiary/aromatic N) is 4. The van der Waals surface area contributed by atoms with Crippen molar-refractivity contribution in [2.75, 3.05) is 6.61 Å². The second kappa shape index (κ2) is 7.88. The second-order valence-corrected chi connectivity index (χ2v) is 7.88. The van der Waals surface area contributed by atoms with Crippen LogP contribution in [0.3, 0.4) is 0 Å². The quantitative estimate of drug-likeness (QED) is 0.490. The summed E-state index contributed by atoms with van der Waals surface area (Å²) in [5.41, 5.74) is 5.06. The van der Waals surface area contributed by atoms with Gasteiger partial charge in [-0.25, -0.2) is 9.67 Å². The van der Waals surface area contributed by atoms with Crippen molar-refractivity contribution in [3.63, 3.8) is 0 Å². The number of thiophene rings is 1. The van der Waals surface area contributed by atoms with Crippen molar-refractivity contribution in [3.05, 3.63) is 52.0 Å². The summed E-state index contributed by atoms with van der Waals surface area (Å²) < 4.78 is 7.93. The maximum Gasteiger partial charge on any atom is 0.306 e. The number of rotatable bonds is 6. The number of hydrogen-bond donors (Lipinski definition) is 1. The molecule has 0 spiro atoms. The van der Waals surface area contributed by atoms with Crippen molar-refractivity contribution in [2.45, 2.75) is 32.8 Å². The zero-order chi connectivity index (χ0) is 20.5. The van der Waals surface area contributed by atoms with Gasteiger partial charge in [0.1, 0.15) is 5.52 Å². The summed E-state index contributed by atoms with van der Waals surface area (Å²) in [6, 6.07) is 6.08. The van der Waals surface area contributed by atoms with Crippen LogP contribution in [0.5, 0.6) is 0 Å². The van der Waals surface area contributed by atoms with Crippen LogP contribution in [0.4, 0.5) is 0 Å². The predicted molar refractivity (Wildman–Crippen MR) is 112 cm³/mol. The Bertz CT molecular complexity index is 1200. The molecule has 0 aliphatic heterocycles. The van der Waals surface area contributed by atoms with Crippen LogP contribution in [-0.2, 0) is 23.2 Å². The van der Waals surface area contributed by atoms with Gasteiger partial charge in [0.25, 0.3) is 0 Å². The van der Waals surface area contributed by atoms with Gasteiger partial charge in [0.05, 0.1) is 19.6 Å². The lowest BCUT2D eigenvalue weighted by Gasteiger charge is -2.20. The molecule has 8 heteroatoms. The standard InChI is InChI=1S/C21H22N4O3S/c1-4-28-18(27)9-16(14-7-13-5-6-29-20(13)15(8-14)11-26)17-10-22-21-19(12(17)2)23-24-25(21)3/h5-8,10,16,26H,4,9,11H2,1-3H3/t16-/m1/s1. The number of benzene rings is 1. The number of aliphatic hydroxyl groups is 1. The number of fused-ring (bicyclic) bond motifs is 2. The number of esters is 1. The summed E-state index contributed by atoms with van der Waals surface area (Å²) >= 11 is 1.60. The number of aliphatic hydroxyl groups excluding tert-OH is 1. The van der Waals surface area contributed by atoms with Gasteiger partial charge >= 0.3 is 5.97 Å². The highest BCUT2D eigenvalue weighted by atomic mass is 32.1. The molecular weight excluding hydrogens is 388 g/mol. The van der Waals surface area contributed by atoms with Gasteiger partial charge in [-0.3, -0.25) is 4.79 Å². The summed E-state index contributed by atoms with van der Waals surface area (Å²) in [5.74, 6) is -0.533. The number of pyridine rings is 1. The number of ether oxygens (including phenoxy) is 1. The van der Waals surface area contributed by atoms with Crippen LogP contribution < -0.4 is 0 Å². The first kappa shape index (κ1) is 19.5. The highest BCUT2D eigenvalue weighted by Gasteiger charge is 2.24. The number of aryl methyl sites for hydroxylation is 2. The summed E-state index contributed by atoms with van der Waals surface area (Å²) in [6.07, 6.45) is 1.98. The van der Waals surface area contributed by atoms with E-state index in [1.165, 1.54) is 0 Å². The molecule has 0 aliphatic rings. The van der Waals surface area contributed by atoms with Gasteiger partial charge in [0.2, 0.25) is 0 Å². The van der Waals surface area contributed by atoms with Crippen molar-refractivity contribution in [2.24, 2.45) is 7.05 Å². The third-order valence-corrected chi connectivity index (χ3v) is 6.19. The number of aromatic nitrogens is 4. The molecule has 1 atom stereocenters. The van der Waals surface area contributed by atoms with Crippen molar-refractivity contribution in [3.8, 4) is 0 Å². The van der Waals surface area contributed by atoms with Gasteiger partial charge in [0.15, 0.2) is 5.65 Å². The van der Waals surface area contributed by atoms with E-state index in [1.54, 1.807) is 36.2 Å². The molecule has 0 saturated heterocycles. The molecular formula is C21H22N4O3S. The zero-order valence-electron chi connectivity index (χ0n) is 16.5. The van der Waals surface area contributed by atoms with E-state index in [4.69, 9.17) is 4.74 Å². The fraction of sp³-hybridized carbons (Fsp3) is 0.333. The Morgan fingerprint density at radius 1 is 1.38 bits per heavy atom. The smallest absolute Gasteiger partial charge is 0.306 e. The van der Waals surface area contributed by atoms with E-state index in [-0.39, 0.29) is 24.9 Å². The van der Waals surface area contributed by atoms with Crippen LogP contribution >= 0.6 is 11.3 Å². The van der Waals surface area contributed by atoms with E-state index in [0.717, 1.165) is 37.9 Å². The Morgan fingerprint density at radius 2 is 2.21 bits per heavy atom. The summed E-state index contributed by atoms with van der Waals surface area (Å²) in [7, 11) is 1.80. The Balaban J connectivity index is 1.88. The van der Waals surface area contributed by atoms with E-state index in [9.17, 15) is 9.90 Å². The van der Waals surface area contributed by atoms with Crippen LogP contribution in [-0.4, -0.2) is 37.7 Å². The lowest BCUT2D eigenvalue weighted by Crippen LogP contribution is -2.13. The van der Waals surface area contributed by atoms with Crippen molar-refractivity contribution in [1.82, 2.24) is 20.0 Å². The van der Waals surface area contributed by atoms with Crippen LogP contribution in [0.25, 0.3) is 21.3 Å². The molecule has 0 fully saturated rings. The number of hydrogen-bond acceptors (Lipinski definition) is 7. The average Bonchev–Trinajstić information content (AvgIpc) is 3.33. The molecule has 0 unspecified atom stereocenters. The van der Waals surface area contributed by atoms with Gasteiger partial charge in [-0.05, 0) is 59.0 Å². The lowest BCUT2D eigenvalue weighted by atomic mass is 9.85. The molecule has 3 aromatic heterocycles. The Labute approximate surface area is 171 Å². The third kappa shape index (κ3) is 3.49. The summed E-state index contributed by atoms with van der Waals surface area (Å²) in [5, 5.41) is 21.2. The predicted octanol–water partition coefficient (Wildman–Crippen LogP) is 3.46. The highest BCUT2D eigenvalue weighted by Crippen LogP contribution is 2.36. The molecule has 0 bridgehead atoms. The first-order valence-electron chi connectivity index (χ1n) is 9.44. The largest absolute Gasteiger partial charge is 0.466 e. The lowest BCUT2D eigenvalue weighted by molar-refractivity contribution is -0.143. The highest BCUT2D eigenvalue weighted by molar-refractivity contribution is 7.17. The first-order valence-corrected chi connectivity index (χ1v) is 10.3. The van der Waals surface area contributed by atoms with Crippen LogP contribution in [0, 0.1) is 6.92 Å². The summed E-state index contributed by atoms with van der Waals surface area (Å²) in [4.78, 5) is 17.0. The van der Waals surface area contributed by atoms with Gasteiger partial charge in [-0.2, -0.15) is 0 Å². The molecule has 0 radical (unpaired) electrons. The number of carbonyl (C=O) groups excluding carboxylic acids is 1. The minimum absolute atomic E-state index is 0.0581. The van der Waals surface area contributed by atoms with E-state index in [1.807, 2.05) is 24.4 Å². The van der Waals surface area contributed by atoms with Gasteiger partial charge in [-0.15, -0.1) is 16.4 Å². The molecule has 0 saturated carbocycles. The second-order valence-electron chi connectivity index (χ2n) is 6.96. The van der Waals surface area contributed by atoms with Gasteiger partial charge in [0, 0.05) is 23.9 Å². The fourth-order valence-corrected chi connectivity index (χ4v) is 4.64. The molecule has 4 aromatic rings. The fourth-order valence-electron chi connectivity index (χ4n) is 3.75. The van der Waals surface area contributed by atoms with Gasteiger partial charge < -0.3 is 9.84 Å². The maximum atomic E-state index is 12.4. The number of carbonyl (C=O) groups is 1. The molecule has 0 amide bonds. The van der Waals surface area contributed by atoms with E-state index in [2.05, 4.69) is 21.4 Å². The monoisotopic (exact) mass is 410 g/mol. The third-order valence-electron chi connectivity index (χ3n) is 5.19. The van der Waals surface area contributed by atoms with Crippen LogP contribution in [0.15, 0.2) is 29.8 Å². The molecule has 1 N–H and O–H groups in total. The molecule has 7 nitrogen and oxygen atoms in total. The van der Waals surface area contributed by atoms with Crippen LogP contribution in [0.2, 0.25) is 0 Å². The SMILES string of the molecule is CCOC(=O)C[C@H](c1cc(CO)c2sccc2c1)c1cnc2c(nnn2C)c1C. The molecule has 150 valence electrons. The van der Waals surface area contributed by atoms with E-state index < -0.39 is 0 Å². The Hall–Kier alpha value is -2.84. The molecule has 29 heavy (non-hydrogen) atoms. The molecule has 4 rings (SSSR count). The Kier molecular flexibility index (Phi) is 5.29. The summed E-state index contributed by atoms with van der Waals surface area (Å²) in [6.45, 7) is 4.05. The maximum absolute atomic E-state index is 12.4. The molecule has 1 aromatic carbocycles. The Morgan fingerprint density at radius 3 is 2.97 bits per heavy atom. The van der Waals surface area contributed by atoms with Crippen molar-refractivity contribution in [1.29, 1.82) is 0 Å². The molecule has 3 heterocycles. The normalized spacial score (nSPS) is 12.6. The molecule has 0 aliphatic carbocycles. The van der Waals surface area contributed by atoms with E-state index in [0.29, 0.717) is 12.3 Å². The van der Waals surface area contributed by atoms with Gasteiger partial charge in [-0.1, -0.05) is 11.3 Å². The topological polar surface area (TPSA) is 90.1 Å². The first-order chi connectivity index (χ1) is 14.0. The average molecular weight is 410 g/mol. The van der Waals surface area contributed by atoms with Crippen molar-refractivity contribution >= 4 is 38.6 Å². The van der Waals surface area contributed by atoms with Crippen LogP contribution in [0.1, 0.15) is 41.5 Å². The van der Waals surface area contributed by atoms with E-state index >= 15 is 0 Å². The minimum atomic E-state index is -0.271. The minimum Gasteiger partial charge on any atom is -0.466 e. The van der Waals surface area contributed by atoms with Crippen molar-refractivity contribution < 1.29 is 14.6 Å². The zero-order valence-corrected chi connectivity index (χ0v) is 17.4.